The topological polar surface area (TPSA) is 392 Å². The zero-order valence-electron chi connectivity index (χ0n) is 40.6. The highest BCUT2D eigenvalue weighted by Crippen LogP contribution is 2.21. The highest BCUT2D eigenvalue weighted by Gasteiger charge is 2.41. The molecule has 0 aliphatic carbocycles. The number of nitrogens with zero attached hydrogens (tertiary/aromatic N) is 4. The summed E-state index contributed by atoms with van der Waals surface area (Å²) in [6.07, 6.45) is 2.80. The second kappa shape index (κ2) is 27.5. The van der Waals surface area contributed by atoms with Crippen molar-refractivity contribution in [2.75, 3.05) is 33.2 Å². The van der Waals surface area contributed by atoms with Crippen LogP contribution in [0.2, 0.25) is 0 Å². The van der Waals surface area contributed by atoms with E-state index in [-0.39, 0.29) is 76.3 Å². The van der Waals surface area contributed by atoms with Crippen molar-refractivity contribution >= 4 is 59.2 Å². The number of benzene rings is 2. The van der Waals surface area contributed by atoms with Crippen LogP contribution in [-0.4, -0.2) is 165 Å². The lowest BCUT2D eigenvalue weighted by Gasteiger charge is -2.31. The van der Waals surface area contributed by atoms with Crippen LogP contribution in [0.25, 0.3) is 0 Å². The fourth-order valence-corrected chi connectivity index (χ4v) is 8.52. The number of nitrogens with two attached hydrogens (primary N) is 3. The highest BCUT2D eigenvalue weighted by molar-refractivity contribution is 5.99. The van der Waals surface area contributed by atoms with Crippen molar-refractivity contribution in [1.29, 1.82) is 0 Å². The van der Waals surface area contributed by atoms with Gasteiger partial charge >= 0.3 is 5.97 Å². The average Bonchev–Trinajstić information content (AvgIpc) is 4.07. The van der Waals surface area contributed by atoms with Crippen LogP contribution >= 0.6 is 0 Å². The summed E-state index contributed by atoms with van der Waals surface area (Å²) in [5, 5.41) is 35.7. The molecule has 2 fully saturated rings. The van der Waals surface area contributed by atoms with E-state index >= 15 is 0 Å². The van der Waals surface area contributed by atoms with Gasteiger partial charge in [0.05, 0.1) is 19.3 Å². The van der Waals surface area contributed by atoms with Gasteiger partial charge in [0.15, 0.2) is 5.96 Å². The molecule has 25 heteroatoms. The Morgan fingerprint density at radius 2 is 1.27 bits per heavy atom. The number of carbonyl (C=O) groups excluding carboxylic acids is 8. The molecule has 0 saturated carbocycles. The van der Waals surface area contributed by atoms with Gasteiger partial charge in [-0.3, -0.25) is 48.1 Å². The third-order valence-corrected chi connectivity index (χ3v) is 12.3. The van der Waals surface area contributed by atoms with E-state index in [0.717, 1.165) is 4.90 Å². The van der Waals surface area contributed by atoms with E-state index < -0.39 is 108 Å². The summed E-state index contributed by atoms with van der Waals surface area (Å²) in [6.45, 7) is -0.273. The fourth-order valence-electron chi connectivity index (χ4n) is 8.52. The number of aliphatic imine (C=N–C) groups is 1. The number of carboxylic acids is 1. The maximum atomic E-state index is 14.7. The zero-order chi connectivity index (χ0) is 53.0. The predicted octanol–water partition coefficient (Wildman–Crippen LogP) is -2.83. The molecule has 7 atom stereocenters. The number of aromatic nitrogens is 2. The van der Waals surface area contributed by atoms with Crippen molar-refractivity contribution in [3.05, 3.63) is 83.9 Å². The monoisotopic (exact) mass is 1010 g/mol. The number of H-pyrrole nitrogens is 1. The number of guanidine groups is 1. The minimum Gasteiger partial charge on any atom is -0.508 e. The van der Waals surface area contributed by atoms with Crippen LogP contribution in [0.3, 0.4) is 0 Å². The number of hydrogen-bond donors (Lipinski definition) is 12. The molecule has 0 spiro atoms. The molecule has 2 saturated heterocycles. The lowest BCUT2D eigenvalue weighted by molar-refractivity contribution is -0.143. The van der Waals surface area contributed by atoms with Crippen molar-refractivity contribution in [3.8, 4) is 5.75 Å². The van der Waals surface area contributed by atoms with Gasteiger partial charge in [-0.05, 0) is 74.8 Å². The molecule has 3 aromatic rings. The van der Waals surface area contributed by atoms with E-state index in [1.165, 1.54) is 48.7 Å². The van der Waals surface area contributed by atoms with Crippen LogP contribution in [0, 0.1) is 0 Å². The van der Waals surface area contributed by atoms with Gasteiger partial charge in [-0.1, -0.05) is 42.5 Å². The molecule has 2 aliphatic heterocycles. The van der Waals surface area contributed by atoms with Crippen molar-refractivity contribution in [2.24, 2.45) is 22.2 Å². The summed E-state index contributed by atoms with van der Waals surface area (Å²) in [7, 11) is 1.32. The van der Waals surface area contributed by atoms with Crippen molar-refractivity contribution < 1.29 is 53.4 Å². The van der Waals surface area contributed by atoms with Gasteiger partial charge in [-0.15, -0.1) is 0 Å². The smallest absolute Gasteiger partial charge is 0.305 e. The van der Waals surface area contributed by atoms with E-state index in [1.54, 1.807) is 30.3 Å². The van der Waals surface area contributed by atoms with Crippen LogP contribution < -0.4 is 49.1 Å². The van der Waals surface area contributed by atoms with Gasteiger partial charge in [0, 0.05) is 51.3 Å². The Morgan fingerprint density at radius 3 is 1.93 bits per heavy atom. The Bertz CT molecular complexity index is 2420. The molecule has 3 heterocycles. The van der Waals surface area contributed by atoms with Gasteiger partial charge in [-0.2, -0.15) is 0 Å². The largest absolute Gasteiger partial charge is 0.508 e. The molecule has 25 nitrogen and oxygen atoms in total. The molecule has 0 bridgehead atoms. The highest BCUT2D eigenvalue weighted by atomic mass is 16.4. The second-order valence-electron chi connectivity index (χ2n) is 18.0. The van der Waals surface area contributed by atoms with Crippen LogP contribution in [0.4, 0.5) is 0 Å². The first-order valence-electron chi connectivity index (χ1n) is 24.0. The second-order valence-corrected chi connectivity index (χ2v) is 18.0. The van der Waals surface area contributed by atoms with Gasteiger partial charge < -0.3 is 74.1 Å². The summed E-state index contributed by atoms with van der Waals surface area (Å²) in [4.78, 5) is 140. The van der Waals surface area contributed by atoms with Crippen molar-refractivity contribution in [1.82, 2.24) is 51.7 Å². The normalized spacial score (nSPS) is 23.2. The molecule has 0 unspecified atom stereocenters. The maximum Gasteiger partial charge on any atom is 0.305 e. The van der Waals surface area contributed by atoms with E-state index in [9.17, 15) is 53.4 Å². The van der Waals surface area contributed by atoms with Gasteiger partial charge in [0.1, 0.15) is 48.0 Å². The average molecular weight is 1020 g/mol. The van der Waals surface area contributed by atoms with Crippen LogP contribution in [0.5, 0.6) is 5.75 Å². The molecular weight excluding hydrogens is 949 g/mol. The number of likely N-dealkylation sites (N-methyl/N-ethyl adjacent to an activating group) is 1. The zero-order valence-corrected chi connectivity index (χ0v) is 40.6. The molecule has 0 radical (unpaired) electrons. The minimum absolute atomic E-state index is 0.00757. The van der Waals surface area contributed by atoms with E-state index in [1.807, 2.05) is 0 Å². The summed E-state index contributed by atoms with van der Waals surface area (Å²) in [5.74, 6) is -8.55. The number of phenolic OH excluding ortho intramolecular Hbond substituents is 1. The number of imidazole rings is 1. The molecule has 15 N–H and O–H groups in total. The molecule has 8 amide bonds. The maximum absolute atomic E-state index is 14.7. The lowest BCUT2D eigenvalue weighted by atomic mass is 10.0. The number of unbranched alkanes of at least 4 members (excludes halogenated alkanes) is 1. The van der Waals surface area contributed by atoms with Crippen molar-refractivity contribution in [3.63, 3.8) is 0 Å². The first kappa shape index (κ1) is 55.8. The van der Waals surface area contributed by atoms with Crippen LogP contribution in [0.1, 0.15) is 68.2 Å². The summed E-state index contributed by atoms with van der Waals surface area (Å²) < 4.78 is 0. The van der Waals surface area contributed by atoms with E-state index in [2.05, 4.69) is 46.9 Å². The number of aromatic hydroxyl groups is 1. The standard InChI is InChI=1S/C48H66N14O11/c1-61-26-39(64)55-32(12-7-19-53-48(50)51)41(67)58-35(24-40(65)66)44(70)57-34(21-29-14-16-31(63)17-15-29)43(69)56-33(11-5-6-18-49)42(68)59-37(23-30-25-52-27-54-30)47(73)62-20-8-13-38(62)45(71)60-36(46(61)72)22-28-9-3-2-4-10-28/h2-4,9-10,14-17,25,27,32-38,63H,5-8,11-13,18-24,26,49H2,1H3,(H,52,54)(H,55,64)(H,56,69)(H,57,70)(H,58,67)(H,59,68)(H,60,71)(H,65,66)(H4,50,51,53)/t32-,33-,34-,35-,36-,37-,38-/m0/s1. The Labute approximate surface area is 421 Å². The van der Waals surface area contributed by atoms with E-state index in [0.29, 0.717) is 36.1 Å². The number of nitrogens with one attached hydrogen (secondary N) is 7. The number of amides is 8. The summed E-state index contributed by atoms with van der Waals surface area (Å²) in [5.41, 5.74) is 18.3. The lowest BCUT2D eigenvalue weighted by Crippen LogP contribution is -2.61. The van der Waals surface area contributed by atoms with E-state index in [4.69, 9.17) is 17.2 Å². The Kier molecular flexibility index (Phi) is 21.0. The Balaban J connectivity index is 1.58. The van der Waals surface area contributed by atoms with Crippen LogP contribution in [0.15, 0.2) is 72.1 Å². The quantitative estimate of drug-likeness (QED) is 0.0391. The number of rotatable bonds is 16. The third-order valence-electron chi connectivity index (χ3n) is 12.3. The SMILES string of the molecule is CN1CC(=O)N[C@@H](CCCN=C(N)N)C(=O)N[C@@H](CC(=O)O)C(=O)N[C@@H](Cc2ccc(O)cc2)C(=O)N[C@@H](CCCCN)C(=O)N[C@@H](Cc2cnc[nH]2)C(=O)N2CCC[C@H]2C(=O)N[C@@H](Cc2ccccc2)C1=O. The molecule has 73 heavy (non-hydrogen) atoms. The summed E-state index contributed by atoms with van der Waals surface area (Å²) >= 11 is 0. The molecule has 394 valence electrons. The number of carbonyl (C=O) groups is 9. The first-order chi connectivity index (χ1) is 34.9. The number of phenols is 1. The Morgan fingerprint density at radius 1 is 0.699 bits per heavy atom. The predicted molar refractivity (Wildman–Crippen MR) is 263 cm³/mol. The number of hydrogen-bond acceptors (Lipinski definition) is 13. The number of aromatic amines is 1. The Hall–Kier alpha value is -8.09. The molecule has 2 aliphatic rings. The number of carboxylic acid groups (broad SMARTS) is 1. The number of aliphatic carboxylic acids is 1. The van der Waals surface area contributed by atoms with Gasteiger partial charge in [0.2, 0.25) is 47.3 Å². The summed E-state index contributed by atoms with van der Waals surface area (Å²) in [6, 6.07) is 4.53. The third kappa shape index (κ3) is 17.3. The molecule has 1 aromatic heterocycles. The molecular formula is C48H66N14O11. The minimum atomic E-state index is -1.85. The number of fused-ring (bicyclic) bond motifs is 1. The fraction of sp³-hybridized carbons (Fsp3) is 0.479. The van der Waals surface area contributed by atoms with Gasteiger partial charge in [0.25, 0.3) is 0 Å². The molecule has 2 aromatic carbocycles. The first-order valence-corrected chi connectivity index (χ1v) is 24.0. The van der Waals surface area contributed by atoms with Crippen molar-refractivity contribution in [2.45, 2.75) is 113 Å². The van der Waals surface area contributed by atoms with Gasteiger partial charge in [-0.25, -0.2) is 4.98 Å². The molecule has 5 rings (SSSR count). The van der Waals surface area contributed by atoms with Crippen LogP contribution in [-0.2, 0) is 62.4 Å².